The highest BCUT2D eigenvalue weighted by molar-refractivity contribution is 6.03. The third-order valence-electron chi connectivity index (χ3n) is 6.16. The fourth-order valence-electron chi connectivity index (χ4n) is 3.92. The molecule has 0 aromatic heterocycles. The summed E-state index contributed by atoms with van der Waals surface area (Å²) in [7, 11) is 0. The number of nitrogens with one attached hydrogen (secondary N) is 4. The first-order valence-electron chi connectivity index (χ1n) is 12.9. The fraction of sp³-hybridized carbons (Fsp3) is 0.760. The summed E-state index contributed by atoms with van der Waals surface area (Å²) in [6, 6.07) is -2.41. The molecule has 0 saturated carbocycles. The van der Waals surface area contributed by atoms with Crippen LogP contribution in [0.1, 0.15) is 85.8 Å². The summed E-state index contributed by atoms with van der Waals surface area (Å²) in [6.07, 6.45) is 2.66. The molecule has 212 valence electrons. The van der Waals surface area contributed by atoms with Gasteiger partial charge in [0.05, 0.1) is 0 Å². The van der Waals surface area contributed by atoms with Gasteiger partial charge in [0, 0.05) is 37.6 Å². The molecule has 1 saturated heterocycles. The summed E-state index contributed by atoms with van der Waals surface area (Å²) >= 11 is 0. The number of hydrogen-bond acceptors (Lipinski definition) is 6. The first kappa shape index (κ1) is 31.1. The molecule has 0 radical (unpaired) electrons. The Bertz CT molecular complexity index is 834. The van der Waals surface area contributed by atoms with Crippen molar-refractivity contribution in [1.82, 2.24) is 26.2 Å². The van der Waals surface area contributed by atoms with Gasteiger partial charge in [0.15, 0.2) is 0 Å². The molecule has 6 amide bonds. The third-order valence-corrected chi connectivity index (χ3v) is 6.16. The predicted octanol–water partition coefficient (Wildman–Crippen LogP) is 1.60. The molecule has 0 spiro atoms. The number of hydrogen-bond donors (Lipinski definition) is 4. The fourth-order valence-corrected chi connectivity index (χ4v) is 3.92. The van der Waals surface area contributed by atoms with E-state index in [1.807, 2.05) is 0 Å². The van der Waals surface area contributed by atoms with Crippen LogP contribution in [0.15, 0.2) is 0 Å². The number of carbonyl (C=O) groups excluding carboxylic acids is 6. The molecule has 11 heteroatoms. The Kier molecular flexibility index (Phi) is 13.1. The van der Waals surface area contributed by atoms with Crippen LogP contribution in [-0.4, -0.2) is 71.6 Å². The van der Waals surface area contributed by atoms with E-state index in [9.17, 15) is 28.8 Å². The Morgan fingerprint density at radius 3 is 2.14 bits per heavy atom. The molecule has 1 unspecified atom stereocenters. The van der Waals surface area contributed by atoms with Gasteiger partial charge in [-0.15, -0.1) is 0 Å². The minimum absolute atomic E-state index is 0. The van der Waals surface area contributed by atoms with E-state index in [0.717, 1.165) is 0 Å². The van der Waals surface area contributed by atoms with E-state index in [4.69, 9.17) is 0 Å². The van der Waals surface area contributed by atoms with Crippen LogP contribution in [-0.2, 0) is 28.8 Å². The van der Waals surface area contributed by atoms with Crippen LogP contribution in [0.5, 0.6) is 0 Å². The van der Waals surface area contributed by atoms with Crippen LogP contribution >= 0.6 is 0 Å². The number of imide groups is 1. The molecule has 1 aliphatic heterocycles. The Balaban J connectivity index is -0.00000162. The van der Waals surface area contributed by atoms with Crippen LogP contribution in [0.4, 0.5) is 0 Å². The van der Waals surface area contributed by atoms with Crippen molar-refractivity contribution in [2.75, 3.05) is 13.1 Å². The smallest absolute Gasteiger partial charge is 0.243 e. The SMILES string of the molecule is CCNC(=O)[C@H](C)NC(=O)[C@@H](NC(=O)[C@H](CC)NC(=O)CCCCCN1C(=O)CC(C)C1=O)C(C)C.[HH].[HH].[HH].[HH]. The van der Waals surface area contributed by atoms with Gasteiger partial charge in [0.2, 0.25) is 35.4 Å². The number of likely N-dealkylation sites (tertiary alicyclic amines) is 1. The Morgan fingerprint density at radius 1 is 0.944 bits per heavy atom. The van der Waals surface area contributed by atoms with Crippen LogP contribution in [0, 0.1) is 11.8 Å². The van der Waals surface area contributed by atoms with E-state index in [1.165, 1.54) is 4.90 Å². The average Bonchev–Trinajstić information content (AvgIpc) is 3.05. The molecular formula is C25H51N5O6. The van der Waals surface area contributed by atoms with Gasteiger partial charge in [0.1, 0.15) is 18.1 Å². The highest BCUT2D eigenvalue weighted by Gasteiger charge is 2.35. The van der Waals surface area contributed by atoms with Crippen molar-refractivity contribution in [2.45, 2.75) is 98.2 Å². The zero-order chi connectivity index (χ0) is 27.4. The summed E-state index contributed by atoms with van der Waals surface area (Å²) in [5.41, 5.74) is 0. The third kappa shape index (κ3) is 9.58. The lowest BCUT2D eigenvalue weighted by Gasteiger charge is -2.26. The first-order valence-corrected chi connectivity index (χ1v) is 12.9. The normalized spacial score (nSPS) is 18.0. The van der Waals surface area contributed by atoms with Crippen molar-refractivity contribution in [1.29, 1.82) is 0 Å². The molecular weight excluding hydrogens is 466 g/mol. The van der Waals surface area contributed by atoms with Gasteiger partial charge < -0.3 is 21.3 Å². The number of rotatable bonds is 15. The number of nitrogens with zero attached hydrogens (tertiary/aromatic N) is 1. The van der Waals surface area contributed by atoms with Gasteiger partial charge in [-0.05, 0) is 39.0 Å². The standard InChI is InChI=1S/C25H43N5O6.4H2/c1-7-18(23(34)29-21(15(3)4)24(35)27-17(6)22(33)26-8-2)28-19(31)12-10-9-11-13-30-20(32)14-16(5)25(30)36;;;;/h15-18,21H,7-14H2,1-6H3,(H,26,33)(H,27,35)(H,28,31)(H,29,34);4*1H/t16?,17-,18-,21-;;;;/m0..../s1. The number of likely N-dealkylation sites (N-methyl/N-ethyl adjacent to an activating group) is 1. The lowest BCUT2D eigenvalue weighted by atomic mass is 10.0. The molecule has 11 nitrogen and oxygen atoms in total. The predicted molar refractivity (Wildman–Crippen MR) is 143 cm³/mol. The molecule has 0 bridgehead atoms. The molecule has 1 rings (SSSR count). The number of amides is 6. The molecule has 0 aromatic carbocycles. The summed E-state index contributed by atoms with van der Waals surface area (Å²) in [6.45, 7) is 11.2. The summed E-state index contributed by atoms with van der Waals surface area (Å²) < 4.78 is 0. The van der Waals surface area contributed by atoms with Gasteiger partial charge in [-0.1, -0.05) is 34.1 Å². The maximum absolute atomic E-state index is 12.8. The number of unbranched alkanes of at least 4 members (excludes halogenated alkanes) is 2. The molecule has 1 fully saturated rings. The Labute approximate surface area is 219 Å². The van der Waals surface area contributed by atoms with E-state index >= 15 is 0 Å². The van der Waals surface area contributed by atoms with Crippen LogP contribution in [0.3, 0.4) is 0 Å². The van der Waals surface area contributed by atoms with Crippen molar-refractivity contribution in [3.63, 3.8) is 0 Å². The second-order valence-corrected chi connectivity index (χ2v) is 9.68. The van der Waals surface area contributed by atoms with E-state index in [-0.39, 0.29) is 54.0 Å². The second kappa shape index (κ2) is 15.2. The summed E-state index contributed by atoms with van der Waals surface area (Å²) in [4.78, 5) is 74.8. The highest BCUT2D eigenvalue weighted by Crippen LogP contribution is 2.19. The van der Waals surface area contributed by atoms with Gasteiger partial charge >= 0.3 is 0 Å². The first-order chi connectivity index (χ1) is 16.9. The lowest BCUT2D eigenvalue weighted by molar-refractivity contribution is -0.139. The van der Waals surface area contributed by atoms with Crippen LogP contribution < -0.4 is 21.3 Å². The van der Waals surface area contributed by atoms with Crippen molar-refractivity contribution in [2.24, 2.45) is 11.8 Å². The van der Waals surface area contributed by atoms with E-state index in [2.05, 4.69) is 21.3 Å². The zero-order valence-electron chi connectivity index (χ0n) is 22.4. The van der Waals surface area contributed by atoms with Crippen molar-refractivity contribution in [3.8, 4) is 0 Å². The van der Waals surface area contributed by atoms with Crippen molar-refractivity contribution in [3.05, 3.63) is 0 Å². The molecule has 1 aliphatic rings. The van der Waals surface area contributed by atoms with Gasteiger partial charge in [0.25, 0.3) is 0 Å². The van der Waals surface area contributed by atoms with E-state index in [1.54, 1.807) is 41.5 Å². The van der Waals surface area contributed by atoms with Gasteiger partial charge in [-0.25, -0.2) is 0 Å². The largest absolute Gasteiger partial charge is 0.355 e. The molecule has 0 aliphatic carbocycles. The highest BCUT2D eigenvalue weighted by atomic mass is 16.2. The topological polar surface area (TPSA) is 154 Å². The molecule has 4 atom stereocenters. The summed E-state index contributed by atoms with van der Waals surface area (Å²) in [5.74, 6) is -2.31. The maximum Gasteiger partial charge on any atom is 0.243 e. The Hall–Kier alpha value is -2.98. The molecule has 4 N–H and O–H groups in total. The lowest BCUT2D eigenvalue weighted by Crippen LogP contribution is -2.57. The monoisotopic (exact) mass is 517 g/mol. The average molecular weight is 518 g/mol. The van der Waals surface area contributed by atoms with Gasteiger partial charge in [-0.2, -0.15) is 0 Å². The van der Waals surface area contributed by atoms with E-state index in [0.29, 0.717) is 38.8 Å². The van der Waals surface area contributed by atoms with Gasteiger partial charge in [-0.3, -0.25) is 33.7 Å². The minimum atomic E-state index is -0.862. The maximum atomic E-state index is 12.8. The van der Waals surface area contributed by atoms with Crippen molar-refractivity contribution < 1.29 is 34.5 Å². The molecule has 1 heterocycles. The molecule has 36 heavy (non-hydrogen) atoms. The zero-order valence-corrected chi connectivity index (χ0v) is 22.4. The Morgan fingerprint density at radius 2 is 1.61 bits per heavy atom. The van der Waals surface area contributed by atoms with Crippen LogP contribution in [0.25, 0.3) is 0 Å². The summed E-state index contributed by atoms with van der Waals surface area (Å²) in [5, 5.41) is 10.7. The number of carbonyl (C=O) groups is 6. The van der Waals surface area contributed by atoms with Crippen molar-refractivity contribution >= 4 is 35.4 Å². The quantitative estimate of drug-likeness (QED) is 0.191. The molecule has 0 aromatic rings. The van der Waals surface area contributed by atoms with E-state index < -0.39 is 29.9 Å². The second-order valence-electron chi connectivity index (χ2n) is 9.68. The minimum Gasteiger partial charge on any atom is -0.355 e. The van der Waals surface area contributed by atoms with Crippen LogP contribution in [0.2, 0.25) is 0 Å².